The molecule has 5 nitrogen and oxygen atoms in total. The SMILES string of the molecule is Cc1cc(OCCNCC2CCOC2)ccc1Cc1ccc(-n2cccn2)cc1. The third-order valence-electron chi connectivity index (χ3n) is 5.42. The van der Waals surface area contributed by atoms with Crippen LogP contribution >= 0.6 is 0 Å². The summed E-state index contributed by atoms with van der Waals surface area (Å²) in [7, 11) is 0. The summed E-state index contributed by atoms with van der Waals surface area (Å²) in [5, 5.41) is 7.73. The molecule has 0 aliphatic carbocycles. The highest BCUT2D eigenvalue weighted by atomic mass is 16.5. The molecular weight excluding hydrogens is 362 g/mol. The molecule has 1 unspecified atom stereocenters. The summed E-state index contributed by atoms with van der Waals surface area (Å²) in [5.74, 6) is 1.59. The van der Waals surface area contributed by atoms with E-state index in [4.69, 9.17) is 9.47 Å². The van der Waals surface area contributed by atoms with Crippen molar-refractivity contribution in [2.75, 3.05) is 32.9 Å². The van der Waals surface area contributed by atoms with Crippen molar-refractivity contribution in [2.24, 2.45) is 5.92 Å². The van der Waals surface area contributed by atoms with Crippen molar-refractivity contribution < 1.29 is 9.47 Å². The smallest absolute Gasteiger partial charge is 0.119 e. The van der Waals surface area contributed by atoms with E-state index in [1.54, 1.807) is 6.20 Å². The van der Waals surface area contributed by atoms with Crippen LogP contribution in [0.1, 0.15) is 23.1 Å². The molecule has 1 aromatic heterocycles. The molecule has 4 rings (SSSR count). The fourth-order valence-corrected chi connectivity index (χ4v) is 3.66. The van der Waals surface area contributed by atoms with Gasteiger partial charge in [0.15, 0.2) is 0 Å². The molecule has 1 aliphatic heterocycles. The molecule has 2 aromatic carbocycles. The van der Waals surface area contributed by atoms with Gasteiger partial charge in [0.25, 0.3) is 0 Å². The Morgan fingerprint density at radius 3 is 2.83 bits per heavy atom. The summed E-state index contributed by atoms with van der Waals surface area (Å²) >= 11 is 0. The Labute approximate surface area is 172 Å². The number of nitrogens with zero attached hydrogens (tertiary/aromatic N) is 2. The monoisotopic (exact) mass is 391 g/mol. The number of benzene rings is 2. The van der Waals surface area contributed by atoms with Crippen LogP contribution in [-0.4, -0.2) is 42.7 Å². The Balaban J connectivity index is 1.25. The first-order valence-corrected chi connectivity index (χ1v) is 10.4. The van der Waals surface area contributed by atoms with Gasteiger partial charge in [0.05, 0.1) is 12.3 Å². The second kappa shape index (κ2) is 9.72. The first-order valence-electron chi connectivity index (χ1n) is 10.4. The van der Waals surface area contributed by atoms with Gasteiger partial charge in [-0.2, -0.15) is 5.10 Å². The standard InChI is InChI=1S/C24H29N3O2/c1-19-15-24(29-14-11-25-17-21-9-13-28-18-21)8-5-22(19)16-20-3-6-23(7-4-20)27-12-2-10-26-27/h2-8,10,12,15,21,25H,9,11,13-14,16-18H2,1H3. The van der Waals surface area contributed by atoms with Crippen LogP contribution in [0.4, 0.5) is 0 Å². The van der Waals surface area contributed by atoms with Crippen LogP contribution in [0.5, 0.6) is 5.75 Å². The third kappa shape index (κ3) is 5.46. The van der Waals surface area contributed by atoms with E-state index >= 15 is 0 Å². The number of aromatic nitrogens is 2. The number of hydrogen-bond donors (Lipinski definition) is 1. The first-order chi connectivity index (χ1) is 14.3. The zero-order valence-corrected chi connectivity index (χ0v) is 17.0. The van der Waals surface area contributed by atoms with Crippen molar-refractivity contribution >= 4 is 0 Å². The molecule has 3 aromatic rings. The highest BCUT2D eigenvalue weighted by Crippen LogP contribution is 2.21. The van der Waals surface area contributed by atoms with E-state index in [1.807, 2.05) is 16.9 Å². The highest BCUT2D eigenvalue weighted by molar-refractivity contribution is 5.40. The van der Waals surface area contributed by atoms with Gasteiger partial charge in [0.2, 0.25) is 0 Å². The van der Waals surface area contributed by atoms with Gasteiger partial charge in [-0.05, 0) is 72.7 Å². The van der Waals surface area contributed by atoms with Gasteiger partial charge < -0.3 is 14.8 Å². The molecule has 0 radical (unpaired) electrons. The predicted octanol–water partition coefficient (Wildman–Crippen LogP) is 3.78. The van der Waals surface area contributed by atoms with Crippen LogP contribution in [0.3, 0.4) is 0 Å². The molecule has 1 fully saturated rings. The molecule has 1 N–H and O–H groups in total. The molecule has 5 heteroatoms. The Hall–Kier alpha value is -2.63. The van der Waals surface area contributed by atoms with E-state index in [9.17, 15) is 0 Å². The van der Waals surface area contributed by atoms with Crippen molar-refractivity contribution in [3.63, 3.8) is 0 Å². The van der Waals surface area contributed by atoms with Crippen molar-refractivity contribution in [1.82, 2.24) is 15.1 Å². The summed E-state index contributed by atoms with van der Waals surface area (Å²) in [6.45, 7) is 6.50. The van der Waals surface area contributed by atoms with Gasteiger partial charge in [0.1, 0.15) is 12.4 Å². The van der Waals surface area contributed by atoms with Crippen LogP contribution in [0.25, 0.3) is 5.69 Å². The van der Waals surface area contributed by atoms with Crippen LogP contribution in [-0.2, 0) is 11.2 Å². The number of nitrogens with one attached hydrogen (secondary N) is 1. The topological polar surface area (TPSA) is 48.3 Å². The molecule has 1 aliphatic rings. The minimum Gasteiger partial charge on any atom is -0.492 e. The Bertz CT molecular complexity index is 885. The minimum absolute atomic E-state index is 0.658. The fraction of sp³-hybridized carbons (Fsp3) is 0.375. The summed E-state index contributed by atoms with van der Waals surface area (Å²) in [6, 6.07) is 16.9. The second-order valence-electron chi connectivity index (χ2n) is 7.66. The van der Waals surface area contributed by atoms with Crippen LogP contribution in [0, 0.1) is 12.8 Å². The summed E-state index contributed by atoms with van der Waals surface area (Å²) in [6.07, 6.45) is 5.83. The number of aryl methyl sites for hydroxylation is 1. The van der Waals surface area contributed by atoms with Crippen molar-refractivity contribution in [3.05, 3.63) is 77.6 Å². The maximum Gasteiger partial charge on any atom is 0.119 e. The lowest BCUT2D eigenvalue weighted by Crippen LogP contribution is -2.27. The molecule has 152 valence electrons. The summed E-state index contributed by atoms with van der Waals surface area (Å²) in [4.78, 5) is 0. The van der Waals surface area contributed by atoms with E-state index in [0.717, 1.165) is 44.2 Å². The first kappa shape index (κ1) is 19.7. The average molecular weight is 392 g/mol. The lowest BCUT2D eigenvalue weighted by Gasteiger charge is -2.12. The molecule has 0 spiro atoms. The molecule has 0 bridgehead atoms. The average Bonchev–Trinajstić information content (AvgIpc) is 3.44. The van der Waals surface area contributed by atoms with Gasteiger partial charge in [0, 0.05) is 32.1 Å². The van der Waals surface area contributed by atoms with Gasteiger partial charge in [-0.3, -0.25) is 0 Å². The Kier molecular flexibility index (Phi) is 6.60. The van der Waals surface area contributed by atoms with E-state index in [0.29, 0.717) is 12.5 Å². The van der Waals surface area contributed by atoms with Crippen molar-refractivity contribution in [2.45, 2.75) is 19.8 Å². The second-order valence-corrected chi connectivity index (χ2v) is 7.66. The van der Waals surface area contributed by atoms with Crippen LogP contribution < -0.4 is 10.1 Å². The van der Waals surface area contributed by atoms with Gasteiger partial charge in [-0.15, -0.1) is 0 Å². The normalized spacial score (nSPS) is 16.2. The lowest BCUT2D eigenvalue weighted by atomic mass is 10.0. The zero-order chi connectivity index (χ0) is 19.9. The van der Waals surface area contributed by atoms with Gasteiger partial charge in [-0.25, -0.2) is 4.68 Å². The molecule has 1 atom stereocenters. The van der Waals surface area contributed by atoms with Crippen molar-refractivity contribution in [3.8, 4) is 11.4 Å². The van der Waals surface area contributed by atoms with E-state index < -0.39 is 0 Å². The van der Waals surface area contributed by atoms with E-state index in [1.165, 1.54) is 23.1 Å². The largest absolute Gasteiger partial charge is 0.492 e. The van der Waals surface area contributed by atoms with Crippen LogP contribution in [0.2, 0.25) is 0 Å². The number of ether oxygens (including phenoxy) is 2. The molecular formula is C24H29N3O2. The van der Waals surface area contributed by atoms with E-state index in [-0.39, 0.29) is 0 Å². The predicted molar refractivity (Wildman–Crippen MR) is 115 cm³/mol. The Morgan fingerprint density at radius 2 is 2.10 bits per heavy atom. The molecule has 2 heterocycles. The van der Waals surface area contributed by atoms with E-state index in [2.05, 4.69) is 59.8 Å². The molecule has 0 saturated carbocycles. The molecule has 1 saturated heterocycles. The Morgan fingerprint density at radius 1 is 1.21 bits per heavy atom. The lowest BCUT2D eigenvalue weighted by molar-refractivity contribution is 0.185. The molecule has 0 amide bonds. The van der Waals surface area contributed by atoms with Crippen LogP contribution in [0.15, 0.2) is 60.9 Å². The third-order valence-corrected chi connectivity index (χ3v) is 5.42. The van der Waals surface area contributed by atoms with Gasteiger partial charge >= 0.3 is 0 Å². The quantitative estimate of drug-likeness (QED) is 0.564. The number of hydrogen-bond acceptors (Lipinski definition) is 4. The highest BCUT2D eigenvalue weighted by Gasteiger charge is 2.14. The maximum atomic E-state index is 5.91. The summed E-state index contributed by atoms with van der Waals surface area (Å²) in [5.41, 5.74) is 4.95. The summed E-state index contributed by atoms with van der Waals surface area (Å²) < 4.78 is 13.2. The minimum atomic E-state index is 0.658. The zero-order valence-electron chi connectivity index (χ0n) is 17.0. The molecule has 29 heavy (non-hydrogen) atoms. The fourth-order valence-electron chi connectivity index (χ4n) is 3.66. The van der Waals surface area contributed by atoms with Crippen molar-refractivity contribution in [1.29, 1.82) is 0 Å². The maximum absolute atomic E-state index is 5.91. The van der Waals surface area contributed by atoms with Gasteiger partial charge in [-0.1, -0.05) is 18.2 Å². The number of rotatable bonds is 9.